The van der Waals surface area contributed by atoms with E-state index in [1.807, 2.05) is 0 Å². The highest BCUT2D eigenvalue weighted by Crippen LogP contribution is 2.53. The second-order valence-electron chi connectivity index (χ2n) is 12.2. The Kier molecular flexibility index (Phi) is 6.35. The zero-order valence-electron chi connectivity index (χ0n) is 19.7. The van der Waals surface area contributed by atoms with Gasteiger partial charge in [-0.3, -0.25) is 4.79 Å². The molecule has 0 N–H and O–H groups in total. The molecule has 2 aliphatic carbocycles. The van der Waals surface area contributed by atoms with Gasteiger partial charge < -0.3 is 4.43 Å². The van der Waals surface area contributed by atoms with Gasteiger partial charge in [0.1, 0.15) is 5.78 Å². The average Bonchev–Trinajstić information content (AvgIpc) is 2.52. The largest absolute Gasteiger partial charge is 0.546 e. The van der Waals surface area contributed by atoms with Crippen LogP contribution >= 0.6 is 0 Å². The van der Waals surface area contributed by atoms with Crippen molar-refractivity contribution in [2.45, 2.75) is 115 Å². The lowest BCUT2D eigenvalue weighted by Gasteiger charge is -2.45. The highest BCUT2D eigenvalue weighted by Gasteiger charge is 2.49. The van der Waals surface area contributed by atoms with Gasteiger partial charge in [-0.25, -0.2) is 0 Å². The Labute approximate surface area is 170 Å². The highest BCUT2D eigenvalue weighted by molar-refractivity contribution is 6.82. The molecule has 0 aromatic heterocycles. The van der Waals surface area contributed by atoms with Crippen LogP contribution in [0.4, 0.5) is 0 Å². The van der Waals surface area contributed by atoms with Crippen molar-refractivity contribution in [2.24, 2.45) is 11.8 Å². The Morgan fingerprint density at radius 1 is 0.926 bits per heavy atom. The summed E-state index contributed by atoms with van der Waals surface area (Å²) in [5, 5.41) is 0.464. The fourth-order valence-electron chi connectivity index (χ4n) is 4.31. The van der Waals surface area contributed by atoms with Crippen molar-refractivity contribution in [3.63, 3.8) is 0 Å². The molecule has 0 amide bonds. The van der Waals surface area contributed by atoms with Crippen LogP contribution in [0.3, 0.4) is 0 Å². The number of hydrogen-bond donors (Lipinski definition) is 0. The van der Waals surface area contributed by atoms with E-state index in [1.54, 1.807) is 0 Å². The van der Waals surface area contributed by atoms with Gasteiger partial charge >= 0.3 is 0 Å². The van der Waals surface area contributed by atoms with Gasteiger partial charge in [0.25, 0.3) is 0 Å². The number of carbonyl (C=O) groups is 1. The summed E-state index contributed by atoms with van der Waals surface area (Å²) >= 11 is 0. The third-order valence-corrected chi connectivity index (χ3v) is 18.8. The smallest absolute Gasteiger partial charge is 0.250 e. The van der Waals surface area contributed by atoms with Gasteiger partial charge in [-0.15, -0.1) is 0 Å². The molecule has 0 spiro atoms. The van der Waals surface area contributed by atoms with Crippen LogP contribution in [-0.4, -0.2) is 22.2 Å². The maximum atomic E-state index is 13.2. The molecule has 0 radical (unpaired) electrons. The van der Waals surface area contributed by atoms with Gasteiger partial charge in [0.05, 0.1) is 19.8 Å². The molecule has 4 heteroatoms. The van der Waals surface area contributed by atoms with Crippen molar-refractivity contribution in [3.8, 4) is 0 Å². The normalized spacial score (nSPS) is 28.3. The zero-order chi connectivity index (χ0) is 20.8. The summed E-state index contributed by atoms with van der Waals surface area (Å²) in [7, 11) is -3.58. The molecule has 0 aromatic rings. The lowest BCUT2D eigenvalue weighted by molar-refractivity contribution is -0.123. The van der Waals surface area contributed by atoms with E-state index in [2.05, 4.69) is 73.8 Å². The van der Waals surface area contributed by atoms with Crippen LogP contribution in [0.1, 0.15) is 73.6 Å². The minimum absolute atomic E-state index is 0.0108. The topological polar surface area (TPSA) is 26.3 Å². The molecule has 1 saturated carbocycles. The van der Waals surface area contributed by atoms with E-state index in [0.29, 0.717) is 22.3 Å². The van der Waals surface area contributed by atoms with Crippen LogP contribution in [0.15, 0.2) is 11.8 Å². The van der Waals surface area contributed by atoms with E-state index in [-0.39, 0.29) is 11.0 Å². The molecule has 156 valence electrons. The Hall–Kier alpha value is -0.356. The molecular formula is C23H44O2Si2. The summed E-state index contributed by atoms with van der Waals surface area (Å²) in [5.74, 6) is 2.04. The van der Waals surface area contributed by atoms with Crippen molar-refractivity contribution >= 4 is 22.2 Å². The Morgan fingerprint density at radius 3 is 2.00 bits per heavy atom. The van der Waals surface area contributed by atoms with E-state index in [1.165, 1.54) is 12.8 Å². The average molecular weight is 409 g/mol. The SMILES string of the molecule is CC(C)(C)[Si](C)(C)OC1=C[C@H]([Si](C)(C)C(C)(C)C)[C@H]2CCCC[C@@H]1C(=O)C2. The third kappa shape index (κ3) is 4.63. The molecule has 1 fully saturated rings. The molecule has 0 aliphatic heterocycles. The lowest BCUT2D eigenvalue weighted by atomic mass is 9.85. The molecule has 0 saturated heterocycles. The molecular weight excluding hydrogens is 364 g/mol. The maximum absolute atomic E-state index is 13.2. The van der Waals surface area contributed by atoms with E-state index < -0.39 is 16.4 Å². The highest BCUT2D eigenvalue weighted by atomic mass is 28.4. The fraction of sp³-hybridized carbons (Fsp3) is 0.870. The van der Waals surface area contributed by atoms with Crippen molar-refractivity contribution in [1.29, 1.82) is 0 Å². The van der Waals surface area contributed by atoms with Crippen LogP contribution in [0.25, 0.3) is 0 Å². The third-order valence-electron chi connectivity index (χ3n) is 8.31. The number of hydrogen-bond acceptors (Lipinski definition) is 2. The summed E-state index contributed by atoms with van der Waals surface area (Å²) in [6.07, 6.45) is 7.87. The molecule has 0 aromatic carbocycles. The predicted octanol–water partition coefficient (Wildman–Crippen LogP) is 7.55. The number of ketones is 1. The van der Waals surface area contributed by atoms with E-state index in [0.717, 1.165) is 25.0 Å². The van der Waals surface area contributed by atoms with E-state index in [9.17, 15) is 4.79 Å². The van der Waals surface area contributed by atoms with Crippen LogP contribution in [0, 0.1) is 11.8 Å². The fourth-order valence-corrected chi connectivity index (χ4v) is 8.46. The Bertz CT molecular complexity index is 590. The summed E-state index contributed by atoms with van der Waals surface area (Å²) in [6.45, 7) is 23.8. The molecule has 2 bridgehead atoms. The summed E-state index contributed by atoms with van der Waals surface area (Å²) in [6, 6.07) is 0. The van der Waals surface area contributed by atoms with Gasteiger partial charge in [-0.2, -0.15) is 0 Å². The maximum Gasteiger partial charge on any atom is 0.250 e. The number of fused-ring (bicyclic) bond motifs is 3. The molecule has 2 rings (SSSR count). The second kappa shape index (κ2) is 7.48. The quantitative estimate of drug-likeness (QED) is 0.450. The monoisotopic (exact) mass is 408 g/mol. The molecule has 3 atom stereocenters. The first-order valence-corrected chi connectivity index (χ1v) is 17.0. The minimum atomic E-state index is -1.96. The van der Waals surface area contributed by atoms with Crippen LogP contribution in [0.5, 0.6) is 0 Å². The molecule has 2 nitrogen and oxygen atoms in total. The number of carbonyl (C=O) groups excluding carboxylic acids is 1. The first-order chi connectivity index (χ1) is 12.1. The molecule has 0 unspecified atom stereocenters. The molecule has 0 heterocycles. The standard InChI is InChI=1S/C23H44O2Si2/c1-22(2,3)26(7,8)21-16-20(25-27(9,10)23(4,5)6)18-14-12-11-13-17(21)15-19(18)24/h16-18,21H,11-15H2,1-10H3/t17-,18+,21-/m0/s1. The number of rotatable bonds is 3. The lowest BCUT2D eigenvalue weighted by Crippen LogP contribution is -2.44. The zero-order valence-corrected chi connectivity index (χ0v) is 21.7. The second-order valence-corrected chi connectivity index (χ2v) is 22.5. The van der Waals surface area contributed by atoms with Crippen molar-refractivity contribution in [1.82, 2.24) is 0 Å². The minimum Gasteiger partial charge on any atom is -0.546 e. The van der Waals surface area contributed by atoms with Gasteiger partial charge in [-0.05, 0) is 53.5 Å². The van der Waals surface area contributed by atoms with Gasteiger partial charge in [0.15, 0.2) is 0 Å². The molecule has 2 aliphatic rings. The number of Topliss-reactive ketones (excluding diaryl/α,β-unsaturated/α-hetero) is 1. The van der Waals surface area contributed by atoms with E-state index >= 15 is 0 Å². The van der Waals surface area contributed by atoms with Gasteiger partial charge in [0.2, 0.25) is 8.32 Å². The summed E-state index contributed by atoms with van der Waals surface area (Å²) in [5.41, 5.74) is 0.532. The van der Waals surface area contributed by atoms with Gasteiger partial charge in [0, 0.05) is 6.42 Å². The van der Waals surface area contributed by atoms with Crippen LogP contribution in [-0.2, 0) is 9.22 Å². The first kappa shape index (κ1) is 22.9. The van der Waals surface area contributed by atoms with E-state index in [4.69, 9.17) is 4.43 Å². The molecule has 27 heavy (non-hydrogen) atoms. The van der Waals surface area contributed by atoms with Crippen molar-refractivity contribution in [3.05, 3.63) is 11.8 Å². The Morgan fingerprint density at radius 2 is 1.48 bits per heavy atom. The Balaban J connectivity index is 2.56. The predicted molar refractivity (Wildman–Crippen MR) is 122 cm³/mol. The van der Waals surface area contributed by atoms with Crippen LogP contribution < -0.4 is 0 Å². The first-order valence-electron chi connectivity index (χ1n) is 11.0. The number of allylic oxidation sites excluding steroid dienone is 2. The van der Waals surface area contributed by atoms with Crippen LogP contribution in [0.2, 0.25) is 41.8 Å². The van der Waals surface area contributed by atoms with Gasteiger partial charge in [-0.1, -0.05) is 67.5 Å². The summed E-state index contributed by atoms with van der Waals surface area (Å²) in [4.78, 5) is 13.2. The van der Waals surface area contributed by atoms with Crippen molar-refractivity contribution < 1.29 is 9.22 Å². The van der Waals surface area contributed by atoms with Crippen molar-refractivity contribution in [2.75, 3.05) is 0 Å². The summed E-state index contributed by atoms with van der Waals surface area (Å²) < 4.78 is 6.87.